The van der Waals surface area contributed by atoms with Crippen LogP contribution >= 0.6 is 0 Å². The van der Waals surface area contributed by atoms with Gasteiger partial charge in [-0.2, -0.15) is 18.2 Å². The Morgan fingerprint density at radius 1 is 1.31 bits per heavy atom. The lowest BCUT2D eigenvalue weighted by Gasteiger charge is -2.28. The van der Waals surface area contributed by atoms with Gasteiger partial charge in [0, 0.05) is 5.56 Å². The predicted octanol–water partition coefficient (Wildman–Crippen LogP) is 3.71. The molecule has 1 aliphatic carbocycles. The predicted molar refractivity (Wildman–Crippen MR) is 80.1 cm³/mol. The van der Waals surface area contributed by atoms with E-state index in [2.05, 4.69) is 14.7 Å². The quantitative estimate of drug-likeness (QED) is 0.590. The van der Waals surface area contributed by atoms with E-state index in [4.69, 9.17) is 4.84 Å². The van der Waals surface area contributed by atoms with Crippen molar-refractivity contribution >= 4 is 5.91 Å². The number of aromatic nitrogens is 2. The van der Waals surface area contributed by atoms with Crippen LogP contribution in [0, 0.1) is 0 Å². The molecule has 1 unspecified atom stereocenters. The van der Waals surface area contributed by atoms with Crippen molar-refractivity contribution in [1.82, 2.24) is 15.2 Å². The van der Waals surface area contributed by atoms with Gasteiger partial charge in [0.1, 0.15) is 0 Å². The minimum atomic E-state index is -4.72. The van der Waals surface area contributed by atoms with E-state index in [0.717, 1.165) is 5.06 Å². The van der Waals surface area contributed by atoms with Crippen LogP contribution in [-0.4, -0.2) is 33.9 Å². The van der Waals surface area contributed by atoms with Crippen molar-refractivity contribution in [2.75, 3.05) is 7.11 Å². The first-order valence-electron chi connectivity index (χ1n) is 7.73. The highest BCUT2D eigenvalue weighted by Gasteiger charge is 2.54. The highest BCUT2D eigenvalue weighted by Crippen LogP contribution is 2.43. The SMILES string of the molecule is CON(C(=O)C1(F)CC1)C(C)c1ccc(-c2noc(C(F)(F)F)n2)cc1. The van der Waals surface area contributed by atoms with Crippen LogP contribution in [0.15, 0.2) is 28.8 Å². The smallest absolute Gasteiger partial charge is 0.329 e. The summed E-state index contributed by atoms with van der Waals surface area (Å²) in [7, 11) is 1.27. The molecule has 1 atom stereocenters. The maximum atomic E-state index is 14.0. The lowest BCUT2D eigenvalue weighted by atomic mass is 10.1. The number of benzene rings is 1. The summed E-state index contributed by atoms with van der Waals surface area (Å²) in [5, 5.41) is 4.26. The van der Waals surface area contributed by atoms with Crippen molar-refractivity contribution in [2.24, 2.45) is 0 Å². The van der Waals surface area contributed by atoms with Crippen molar-refractivity contribution in [2.45, 2.75) is 37.7 Å². The molecule has 0 aliphatic heterocycles. The number of carbonyl (C=O) groups excluding carboxylic acids is 1. The third-order valence-corrected chi connectivity index (χ3v) is 4.14. The first-order valence-corrected chi connectivity index (χ1v) is 7.73. The Morgan fingerprint density at radius 2 is 1.92 bits per heavy atom. The zero-order valence-corrected chi connectivity index (χ0v) is 13.9. The Kier molecular flexibility index (Phi) is 4.47. The Morgan fingerprint density at radius 3 is 2.38 bits per heavy atom. The average Bonchev–Trinajstić information content (AvgIpc) is 3.15. The first-order chi connectivity index (χ1) is 12.2. The molecule has 10 heteroatoms. The molecule has 0 bridgehead atoms. The van der Waals surface area contributed by atoms with Crippen molar-refractivity contribution in [3.05, 3.63) is 35.7 Å². The topological polar surface area (TPSA) is 68.5 Å². The fourth-order valence-electron chi connectivity index (χ4n) is 2.44. The van der Waals surface area contributed by atoms with Gasteiger partial charge in [-0.1, -0.05) is 29.4 Å². The maximum absolute atomic E-state index is 14.0. The highest BCUT2D eigenvalue weighted by atomic mass is 19.4. The second kappa shape index (κ2) is 6.35. The van der Waals surface area contributed by atoms with E-state index in [0.29, 0.717) is 11.1 Å². The monoisotopic (exact) mass is 373 g/mol. The van der Waals surface area contributed by atoms with E-state index < -0.39 is 29.7 Å². The number of amides is 1. The van der Waals surface area contributed by atoms with Gasteiger partial charge in [-0.3, -0.25) is 9.63 Å². The van der Waals surface area contributed by atoms with E-state index in [1.165, 1.54) is 19.2 Å². The zero-order valence-electron chi connectivity index (χ0n) is 13.9. The number of rotatable bonds is 5. The summed E-state index contributed by atoms with van der Waals surface area (Å²) in [6.07, 6.45) is -4.39. The van der Waals surface area contributed by atoms with Crippen LogP contribution in [0.4, 0.5) is 17.6 Å². The van der Waals surface area contributed by atoms with Crippen LogP contribution in [0.25, 0.3) is 11.4 Å². The number of halogens is 4. The second-order valence-corrected chi connectivity index (χ2v) is 6.00. The molecule has 1 amide bonds. The standard InChI is InChI=1S/C16H15F4N3O3/c1-9(23(25-2)14(24)15(17)7-8-15)10-3-5-11(6-4-10)12-21-13(26-22-12)16(18,19)20/h3-6,9H,7-8H2,1-2H3. The second-order valence-electron chi connectivity index (χ2n) is 6.00. The number of hydroxylamine groups is 2. The molecule has 0 radical (unpaired) electrons. The molecule has 0 N–H and O–H groups in total. The first kappa shape index (κ1) is 18.3. The van der Waals surface area contributed by atoms with Crippen LogP contribution in [0.2, 0.25) is 0 Å². The zero-order chi connectivity index (χ0) is 19.1. The van der Waals surface area contributed by atoms with Crippen LogP contribution in [0.3, 0.4) is 0 Å². The molecule has 1 aliphatic rings. The van der Waals surface area contributed by atoms with Crippen molar-refractivity contribution in [3.8, 4) is 11.4 Å². The summed E-state index contributed by atoms with van der Waals surface area (Å²) in [6, 6.07) is 5.52. The molecule has 2 aromatic rings. The molecule has 1 fully saturated rings. The minimum Gasteiger partial charge on any atom is -0.329 e. The van der Waals surface area contributed by atoms with Gasteiger partial charge in [-0.25, -0.2) is 9.45 Å². The molecule has 0 saturated heterocycles. The van der Waals surface area contributed by atoms with Gasteiger partial charge in [-0.15, -0.1) is 0 Å². The van der Waals surface area contributed by atoms with Crippen molar-refractivity contribution in [3.63, 3.8) is 0 Å². The Labute approximate surface area is 145 Å². The summed E-state index contributed by atoms with van der Waals surface area (Å²) in [5.74, 6) is -2.39. The fraction of sp³-hybridized carbons (Fsp3) is 0.438. The van der Waals surface area contributed by atoms with Crippen LogP contribution in [-0.2, 0) is 15.8 Å². The molecular weight excluding hydrogens is 358 g/mol. The Balaban J connectivity index is 1.78. The Bertz CT molecular complexity index is 800. The van der Waals surface area contributed by atoms with E-state index in [9.17, 15) is 22.4 Å². The number of hydrogen-bond acceptors (Lipinski definition) is 5. The van der Waals surface area contributed by atoms with E-state index in [1.54, 1.807) is 19.1 Å². The summed E-state index contributed by atoms with van der Waals surface area (Å²) in [4.78, 5) is 20.5. The van der Waals surface area contributed by atoms with Crippen molar-refractivity contribution in [1.29, 1.82) is 0 Å². The summed E-state index contributed by atoms with van der Waals surface area (Å²) in [6.45, 7) is 1.65. The lowest BCUT2D eigenvalue weighted by Crippen LogP contribution is -2.39. The number of hydrogen-bond donors (Lipinski definition) is 0. The third kappa shape index (κ3) is 3.41. The molecule has 26 heavy (non-hydrogen) atoms. The molecular formula is C16H15F4N3O3. The van der Waals surface area contributed by atoms with E-state index >= 15 is 0 Å². The van der Waals surface area contributed by atoms with E-state index in [-0.39, 0.29) is 18.7 Å². The molecule has 1 saturated carbocycles. The molecule has 1 heterocycles. The molecule has 1 aromatic heterocycles. The van der Waals surface area contributed by atoms with Gasteiger partial charge in [0.15, 0.2) is 5.67 Å². The highest BCUT2D eigenvalue weighted by molar-refractivity contribution is 5.87. The molecule has 0 spiro atoms. The molecule has 140 valence electrons. The van der Waals surface area contributed by atoms with Gasteiger partial charge < -0.3 is 4.52 Å². The van der Waals surface area contributed by atoms with Gasteiger partial charge >= 0.3 is 12.1 Å². The van der Waals surface area contributed by atoms with Crippen LogP contribution < -0.4 is 0 Å². The maximum Gasteiger partial charge on any atom is 0.471 e. The molecule has 1 aromatic carbocycles. The number of carbonyl (C=O) groups is 1. The van der Waals surface area contributed by atoms with Crippen molar-refractivity contribution < 1.29 is 31.7 Å². The van der Waals surface area contributed by atoms with Gasteiger partial charge in [0.25, 0.3) is 5.91 Å². The number of nitrogens with zero attached hydrogens (tertiary/aromatic N) is 3. The normalized spacial score (nSPS) is 17.0. The minimum absolute atomic E-state index is 0.163. The fourth-order valence-corrected chi connectivity index (χ4v) is 2.44. The van der Waals surface area contributed by atoms with Gasteiger partial charge in [0.05, 0.1) is 13.2 Å². The lowest BCUT2D eigenvalue weighted by molar-refractivity contribution is -0.194. The summed E-state index contributed by atoms with van der Waals surface area (Å²) in [5.41, 5.74) is -0.963. The average molecular weight is 373 g/mol. The number of alkyl halides is 4. The third-order valence-electron chi connectivity index (χ3n) is 4.14. The van der Waals surface area contributed by atoms with Crippen LogP contribution in [0.5, 0.6) is 0 Å². The van der Waals surface area contributed by atoms with Gasteiger partial charge in [-0.05, 0) is 25.3 Å². The van der Waals surface area contributed by atoms with Gasteiger partial charge in [0.2, 0.25) is 5.82 Å². The van der Waals surface area contributed by atoms with Crippen LogP contribution in [0.1, 0.15) is 37.3 Å². The Hall–Kier alpha value is -2.49. The largest absolute Gasteiger partial charge is 0.471 e. The summed E-state index contributed by atoms with van der Waals surface area (Å²) >= 11 is 0. The molecule has 6 nitrogen and oxygen atoms in total. The van der Waals surface area contributed by atoms with E-state index in [1.807, 2.05) is 0 Å². The summed E-state index contributed by atoms with van der Waals surface area (Å²) < 4.78 is 55.7. The molecule has 3 rings (SSSR count).